The van der Waals surface area contributed by atoms with Gasteiger partial charge in [0.05, 0.1) is 55.2 Å². The highest BCUT2D eigenvalue weighted by molar-refractivity contribution is 8.04. The van der Waals surface area contributed by atoms with E-state index in [9.17, 15) is 13.2 Å². The van der Waals surface area contributed by atoms with E-state index in [4.69, 9.17) is 18.9 Å². The zero-order chi connectivity index (χ0) is 25.9. The van der Waals surface area contributed by atoms with Gasteiger partial charge >= 0.3 is 0 Å². The topological polar surface area (TPSA) is 100 Å². The number of sulfone groups is 1. The van der Waals surface area contributed by atoms with E-state index < -0.39 is 9.84 Å². The highest BCUT2D eigenvalue weighted by atomic mass is 32.2. The van der Waals surface area contributed by atoms with Crippen LogP contribution < -0.4 is 24.3 Å². The monoisotopic (exact) mass is 527 g/mol. The van der Waals surface area contributed by atoms with Crippen molar-refractivity contribution >= 4 is 39.3 Å². The van der Waals surface area contributed by atoms with Crippen molar-refractivity contribution in [2.75, 3.05) is 33.8 Å². The van der Waals surface area contributed by atoms with Crippen LogP contribution in [0.3, 0.4) is 0 Å². The summed E-state index contributed by atoms with van der Waals surface area (Å²) in [6.45, 7) is 0. The van der Waals surface area contributed by atoms with E-state index in [-0.39, 0.29) is 16.6 Å². The Balaban J connectivity index is 1.63. The molecule has 1 aliphatic heterocycles. The Bertz CT molecular complexity index is 1430. The summed E-state index contributed by atoms with van der Waals surface area (Å²) >= 11 is 1.25. The molecule has 0 aliphatic carbocycles. The predicted octanol–water partition coefficient (Wildman–Crippen LogP) is 4.78. The average Bonchev–Trinajstić information content (AvgIpc) is 2.88. The molecule has 0 spiro atoms. The number of nitrogens with one attached hydrogen (secondary N) is 1. The molecule has 0 bridgehead atoms. The van der Waals surface area contributed by atoms with Crippen molar-refractivity contribution in [3.8, 4) is 23.0 Å². The zero-order valence-electron chi connectivity index (χ0n) is 20.2. The number of hydrogen-bond acceptors (Lipinski definition) is 8. The van der Waals surface area contributed by atoms with E-state index in [2.05, 4.69) is 5.32 Å². The fraction of sp³-hybridized carbons (Fsp3) is 0.192. The fourth-order valence-corrected chi connectivity index (χ4v) is 6.08. The molecule has 0 atom stereocenters. The molecule has 10 heteroatoms. The summed E-state index contributed by atoms with van der Waals surface area (Å²) in [5.41, 5.74) is 1.57. The summed E-state index contributed by atoms with van der Waals surface area (Å²) in [6, 6.07) is 15.1. The number of carbonyl (C=O) groups is 1. The van der Waals surface area contributed by atoms with E-state index in [1.807, 2.05) is 0 Å². The summed E-state index contributed by atoms with van der Waals surface area (Å²) in [5, 5.41) is 2.80. The second-order valence-electron chi connectivity index (χ2n) is 7.73. The molecule has 1 heterocycles. The van der Waals surface area contributed by atoms with Gasteiger partial charge in [-0.2, -0.15) is 0 Å². The lowest BCUT2D eigenvalue weighted by Crippen LogP contribution is -2.18. The molecule has 3 aromatic carbocycles. The van der Waals surface area contributed by atoms with Crippen LogP contribution in [0.15, 0.2) is 69.3 Å². The van der Waals surface area contributed by atoms with Gasteiger partial charge in [0.15, 0.2) is 9.84 Å². The van der Waals surface area contributed by atoms with Crippen LogP contribution in [0.5, 0.6) is 23.0 Å². The van der Waals surface area contributed by atoms with Crippen molar-refractivity contribution in [1.82, 2.24) is 0 Å². The minimum Gasteiger partial charge on any atom is -0.497 e. The molecule has 0 aromatic heterocycles. The fourth-order valence-electron chi connectivity index (χ4n) is 3.76. The van der Waals surface area contributed by atoms with Crippen molar-refractivity contribution in [3.63, 3.8) is 0 Å². The van der Waals surface area contributed by atoms with Crippen molar-refractivity contribution < 1.29 is 32.2 Å². The number of benzene rings is 3. The van der Waals surface area contributed by atoms with E-state index in [0.29, 0.717) is 44.7 Å². The number of thioether (sulfide) groups is 1. The summed E-state index contributed by atoms with van der Waals surface area (Å²) in [4.78, 5) is 14.1. The van der Waals surface area contributed by atoms with Crippen LogP contribution in [-0.4, -0.2) is 42.8 Å². The summed E-state index contributed by atoms with van der Waals surface area (Å²) in [6.07, 6.45) is 1.72. The van der Waals surface area contributed by atoms with Crippen molar-refractivity contribution in [2.45, 2.75) is 15.5 Å². The van der Waals surface area contributed by atoms with Crippen LogP contribution >= 0.6 is 11.8 Å². The maximum absolute atomic E-state index is 13.3. The molecule has 1 amide bonds. The largest absolute Gasteiger partial charge is 0.497 e. The number of methoxy groups -OCH3 is 4. The molecule has 3 aromatic rings. The van der Waals surface area contributed by atoms with Crippen molar-refractivity contribution in [3.05, 3.63) is 70.6 Å². The van der Waals surface area contributed by atoms with Gasteiger partial charge in [0, 0.05) is 16.5 Å². The van der Waals surface area contributed by atoms with Gasteiger partial charge < -0.3 is 24.3 Å². The Hall–Kier alpha value is -3.63. The molecule has 0 unspecified atom stereocenters. The standard InChI is InChI=1S/C26H25NO7S2/c1-31-17-9-8-16(23(13-17)34-4)12-25-26(28)27-20-14-18(10-11-24(20)35-25)36(29,30)15-19-21(32-2)6-5-7-22(19)33-3/h5-14H,15H2,1-4H3,(H,27,28)/b25-12+. The molecule has 188 valence electrons. The maximum atomic E-state index is 13.3. The smallest absolute Gasteiger partial charge is 0.262 e. The molecule has 0 radical (unpaired) electrons. The highest BCUT2D eigenvalue weighted by Crippen LogP contribution is 2.41. The van der Waals surface area contributed by atoms with E-state index in [0.717, 1.165) is 4.90 Å². The Morgan fingerprint density at radius 1 is 0.861 bits per heavy atom. The Labute approximate surface area is 214 Å². The lowest BCUT2D eigenvalue weighted by molar-refractivity contribution is -0.112. The minimum atomic E-state index is -3.77. The SMILES string of the molecule is COc1ccc(/C=C2/Sc3ccc(S(=O)(=O)Cc4c(OC)cccc4OC)cc3NC2=O)c(OC)c1. The molecule has 0 saturated heterocycles. The van der Waals surface area contributed by atoms with Crippen molar-refractivity contribution in [1.29, 1.82) is 0 Å². The van der Waals surface area contributed by atoms with Crippen LogP contribution in [0.4, 0.5) is 5.69 Å². The van der Waals surface area contributed by atoms with Gasteiger partial charge in [-0.1, -0.05) is 17.8 Å². The molecular weight excluding hydrogens is 502 g/mol. The number of rotatable bonds is 8. The number of anilines is 1. The third-order valence-electron chi connectivity index (χ3n) is 5.59. The third-order valence-corrected chi connectivity index (χ3v) is 8.33. The number of hydrogen-bond donors (Lipinski definition) is 1. The van der Waals surface area contributed by atoms with Crippen LogP contribution in [0.25, 0.3) is 6.08 Å². The zero-order valence-corrected chi connectivity index (χ0v) is 21.8. The Morgan fingerprint density at radius 2 is 1.56 bits per heavy atom. The third kappa shape index (κ3) is 5.14. The molecule has 0 fully saturated rings. The van der Waals surface area contributed by atoms with Gasteiger partial charge in [-0.15, -0.1) is 0 Å². The summed E-state index contributed by atoms with van der Waals surface area (Å²) in [7, 11) is 2.29. The lowest BCUT2D eigenvalue weighted by Gasteiger charge is -2.20. The Kier molecular flexibility index (Phi) is 7.46. The van der Waals surface area contributed by atoms with Crippen LogP contribution in [0, 0.1) is 0 Å². The second kappa shape index (κ2) is 10.5. The molecular formula is C26H25NO7S2. The summed E-state index contributed by atoms with van der Waals surface area (Å²) < 4.78 is 47.9. The number of amides is 1. The summed E-state index contributed by atoms with van der Waals surface area (Å²) in [5.74, 6) is 1.38. The first-order chi connectivity index (χ1) is 17.3. The number of ether oxygens (including phenoxy) is 4. The van der Waals surface area contributed by atoms with Crippen LogP contribution in [-0.2, 0) is 20.4 Å². The number of fused-ring (bicyclic) bond motifs is 1. The second-order valence-corrected chi connectivity index (χ2v) is 10.8. The van der Waals surface area contributed by atoms with Gasteiger partial charge in [0.1, 0.15) is 23.0 Å². The van der Waals surface area contributed by atoms with Crippen LogP contribution in [0.1, 0.15) is 11.1 Å². The quantitative estimate of drug-likeness (QED) is 0.418. The molecule has 8 nitrogen and oxygen atoms in total. The Morgan fingerprint density at radius 3 is 2.19 bits per heavy atom. The van der Waals surface area contributed by atoms with Gasteiger partial charge in [-0.25, -0.2) is 8.42 Å². The molecule has 1 N–H and O–H groups in total. The van der Waals surface area contributed by atoms with Crippen LogP contribution in [0.2, 0.25) is 0 Å². The molecule has 1 aliphatic rings. The van der Waals surface area contributed by atoms with E-state index in [1.54, 1.807) is 62.8 Å². The van der Waals surface area contributed by atoms with Crippen molar-refractivity contribution in [2.24, 2.45) is 0 Å². The number of carbonyl (C=O) groups excluding carboxylic acids is 1. The highest BCUT2D eigenvalue weighted by Gasteiger charge is 2.26. The molecule has 4 rings (SSSR count). The maximum Gasteiger partial charge on any atom is 0.262 e. The molecule has 0 saturated carbocycles. The minimum absolute atomic E-state index is 0.0827. The van der Waals surface area contributed by atoms with Gasteiger partial charge in [-0.05, 0) is 48.5 Å². The van der Waals surface area contributed by atoms with Gasteiger partial charge in [0.2, 0.25) is 0 Å². The van der Waals surface area contributed by atoms with Gasteiger partial charge in [0.25, 0.3) is 5.91 Å². The first kappa shape index (κ1) is 25.5. The molecule has 36 heavy (non-hydrogen) atoms. The first-order valence-corrected chi connectivity index (χ1v) is 13.3. The predicted molar refractivity (Wildman–Crippen MR) is 139 cm³/mol. The first-order valence-electron chi connectivity index (χ1n) is 10.8. The van der Waals surface area contributed by atoms with E-state index >= 15 is 0 Å². The average molecular weight is 528 g/mol. The lowest BCUT2D eigenvalue weighted by atomic mass is 10.1. The van der Waals surface area contributed by atoms with Gasteiger partial charge in [-0.3, -0.25) is 4.79 Å². The van der Waals surface area contributed by atoms with E-state index in [1.165, 1.54) is 38.1 Å². The normalized spacial score (nSPS) is 14.1.